The Morgan fingerprint density at radius 3 is 2.40 bits per heavy atom. The average molecular weight is 152 g/mol. The van der Waals surface area contributed by atoms with E-state index in [4.69, 9.17) is 5.73 Å². The van der Waals surface area contributed by atoms with Crippen molar-refractivity contribution >= 4 is 19.5 Å². The lowest BCUT2D eigenvalue weighted by Crippen LogP contribution is -2.06. The zero-order valence-corrected chi connectivity index (χ0v) is 6.21. The standard InChI is InChI=1S/C7H7NOP/c8-7(9)10-6-4-2-1-3-5-6/h1-5H,(H2,8,9). The van der Waals surface area contributed by atoms with Crippen molar-refractivity contribution in [2.45, 2.75) is 0 Å². The quantitative estimate of drug-likeness (QED) is 0.638. The molecule has 0 aliphatic rings. The smallest absolute Gasteiger partial charge is 0.248 e. The molecule has 2 nitrogen and oxygen atoms in total. The summed E-state index contributed by atoms with van der Waals surface area (Å²) in [5.74, 6) is 0. The van der Waals surface area contributed by atoms with Gasteiger partial charge in [-0.15, -0.1) is 0 Å². The van der Waals surface area contributed by atoms with Crippen LogP contribution in [0.1, 0.15) is 0 Å². The summed E-state index contributed by atoms with van der Waals surface area (Å²) >= 11 is 0. The van der Waals surface area contributed by atoms with Crippen LogP contribution < -0.4 is 11.0 Å². The largest absolute Gasteiger partial charge is 0.365 e. The van der Waals surface area contributed by atoms with Gasteiger partial charge >= 0.3 is 0 Å². The first kappa shape index (κ1) is 7.23. The van der Waals surface area contributed by atoms with Crippen molar-refractivity contribution < 1.29 is 4.79 Å². The van der Waals surface area contributed by atoms with E-state index in [0.29, 0.717) is 8.58 Å². The fourth-order valence-electron chi connectivity index (χ4n) is 0.630. The Morgan fingerprint density at radius 1 is 1.30 bits per heavy atom. The van der Waals surface area contributed by atoms with E-state index < -0.39 is 0 Å². The summed E-state index contributed by atoms with van der Waals surface area (Å²) in [7, 11) is 0.569. The summed E-state index contributed by atoms with van der Waals surface area (Å²) in [6, 6.07) is 9.40. The van der Waals surface area contributed by atoms with E-state index in [0.717, 1.165) is 5.30 Å². The number of nitrogens with two attached hydrogens (primary N) is 1. The fourth-order valence-corrected chi connectivity index (χ4v) is 1.21. The molecule has 0 saturated carbocycles. The van der Waals surface area contributed by atoms with Crippen molar-refractivity contribution in [2.75, 3.05) is 0 Å². The van der Waals surface area contributed by atoms with Crippen molar-refractivity contribution in [1.82, 2.24) is 0 Å². The molecule has 51 valence electrons. The molecule has 0 heterocycles. The first-order valence-electron chi connectivity index (χ1n) is 2.85. The molecule has 1 aromatic rings. The number of amides is 1. The highest BCUT2D eigenvalue weighted by atomic mass is 31.1. The molecule has 0 aromatic heterocycles. The van der Waals surface area contributed by atoms with Crippen LogP contribution >= 0.6 is 8.58 Å². The summed E-state index contributed by atoms with van der Waals surface area (Å²) in [6.45, 7) is 0. The Balaban J connectivity index is 2.67. The number of carbonyl (C=O) groups excluding carboxylic acids is 1. The van der Waals surface area contributed by atoms with Crippen molar-refractivity contribution in [3.05, 3.63) is 30.3 Å². The lowest BCUT2D eigenvalue weighted by Gasteiger charge is -1.92. The van der Waals surface area contributed by atoms with Crippen molar-refractivity contribution in [3.63, 3.8) is 0 Å². The van der Waals surface area contributed by atoms with Crippen LogP contribution in [0.25, 0.3) is 0 Å². The third-order valence-electron chi connectivity index (χ3n) is 0.995. The zero-order chi connectivity index (χ0) is 7.40. The van der Waals surface area contributed by atoms with Crippen LogP contribution in [0.3, 0.4) is 0 Å². The maximum atomic E-state index is 10.4. The van der Waals surface area contributed by atoms with E-state index in [1.54, 1.807) is 0 Å². The Labute approximate surface area is 61.2 Å². The van der Waals surface area contributed by atoms with Crippen molar-refractivity contribution in [1.29, 1.82) is 0 Å². The molecule has 2 N–H and O–H groups in total. The minimum Gasteiger partial charge on any atom is -0.365 e. The molecule has 0 bridgehead atoms. The van der Waals surface area contributed by atoms with Gasteiger partial charge in [0.05, 0.1) is 8.58 Å². The Bertz CT molecular complexity index is 222. The highest BCUT2D eigenvalue weighted by Crippen LogP contribution is 2.07. The lowest BCUT2D eigenvalue weighted by molar-refractivity contribution is 0.267. The molecular formula is C7H7NOP. The fraction of sp³-hybridized carbons (Fsp3) is 0. The first-order chi connectivity index (χ1) is 4.79. The van der Waals surface area contributed by atoms with Crippen molar-refractivity contribution in [3.8, 4) is 0 Å². The highest BCUT2D eigenvalue weighted by molar-refractivity contribution is 7.65. The van der Waals surface area contributed by atoms with Crippen LogP contribution in [-0.4, -0.2) is 5.65 Å². The molecule has 0 unspecified atom stereocenters. The van der Waals surface area contributed by atoms with E-state index in [1.807, 2.05) is 30.3 Å². The Morgan fingerprint density at radius 2 is 1.90 bits per heavy atom. The first-order valence-corrected chi connectivity index (χ1v) is 3.75. The number of benzene rings is 1. The van der Waals surface area contributed by atoms with Gasteiger partial charge in [0.1, 0.15) is 0 Å². The van der Waals surface area contributed by atoms with Gasteiger partial charge in [0.25, 0.3) is 0 Å². The van der Waals surface area contributed by atoms with Gasteiger partial charge in [0.15, 0.2) is 0 Å². The third-order valence-corrected chi connectivity index (χ3v) is 1.77. The number of hydrogen-bond acceptors (Lipinski definition) is 1. The SMILES string of the molecule is NC(=O)[P]c1ccccc1. The van der Waals surface area contributed by atoms with Crippen LogP contribution in [0.4, 0.5) is 4.79 Å². The second-order valence-electron chi connectivity index (χ2n) is 1.79. The molecule has 10 heavy (non-hydrogen) atoms. The molecule has 1 amide bonds. The highest BCUT2D eigenvalue weighted by Gasteiger charge is 1.95. The lowest BCUT2D eigenvalue weighted by atomic mass is 10.4. The summed E-state index contributed by atoms with van der Waals surface area (Å²) in [5, 5.41) is 0.940. The van der Waals surface area contributed by atoms with Gasteiger partial charge in [0.2, 0.25) is 5.65 Å². The van der Waals surface area contributed by atoms with E-state index in [1.165, 1.54) is 0 Å². The van der Waals surface area contributed by atoms with Crippen LogP contribution in [0, 0.1) is 0 Å². The molecule has 0 aliphatic carbocycles. The molecule has 0 saturated heterocycles. The molecule has 0 atom stereocenters. The average Bonchev–Trinajstić information content (AvgIpc) is 1.88. The maximum Gasteiger partial charge on any atom is 0.248 e. The number of primary amides is 1. The van der Waals surface area contributed by atoms with Crippen molar-refractivity contribution in [2.24, 2.45) is 5.73 Å². The monoisotopic (exact) mass is 152 g/mol. The summed E-state index contributed by atoms with van der Waals surface area (Å²) < 4.78 is 0. The molecule has 1 rings (SSSR count). The number of hydrogen-bond donors (Lipinski definition) is 1. The van der Waals surface area contributed by atoms with E-state index in [-0.39, 0.29) is 5.65 Å². The molecule has 0 aliphatic heterocycles. The predicted octanol–water partition coefficient (Wildman–Crippen LogP) is 1.34. The van der Waals surface area contributed by atoms with Gasteiger partial charge in [-0.3, -0.25) is 4.79 Å². The van der Waals surface area contributed by atoms with Crippen LogP contribution in [0.2, 0.25) is 0 Å². The Hall–Kier alpha value is -0.880. The summed E-state index contributed by atoms with van der Waals surface area (Å²) in [4.78, 5) is 10.4. The van der Waals surface area contributed by atoms with Gasteiger partial charge in [-0.05, 0) is 5.30 Å². The molecule has 0 fully saturated rings. The van der Waals surface area contributed by atoms with E-state index in [2.05, 4.69) is 0 Å². The Kier molecular flexibility index (Phi) is 2.41. The topological polar surface area (TPSA) is 43.1 Å². The predicted molar refractivity (Wildman–Crippen MR) is 42.6 cm³/mol. The molecule has 0 spiro atoms. The number of rotatable bonds is 2. The van der Waals surface area contributed by atoms with Crippen LogP contribution in [-0.2, 0) is 0 Å². The van der Waals surface area contributed by atoms with Gasteiger partial charge in [-0.1, -0.05) is 30.3 Å². The third kappa shape index (κ3) is 2.16. The minimum atomic E-state index is -0.314. The molecule has 3 heteroatoms. The van der Waals surface area contributed by atoms with Gasteiger partial charge in [0, 0.05) is 0 Å². The van der Waals surface area contributed by atoms with Gasteiger partial charge < -0.3 is 5.73 Å². The molecule has 1 radical (unpaired) electrons. The van der Waals surface area contributed by atoms with E-state index in [9.17, 15) is 4.79 Å². The normalized spacial score (nSPS) is 10.4. The second kappa shape index (κ2) is 3.33. The number of carbonyl (C=O) groups is 1. The molecular weight excluding hydrogens is 145 g/mol. The minimum absolute atomic E-state index is 0.314. The second-order valence-corrected chi connectivity index (χ2v) is 2.97. The van der Waals surface area contributed by atoms with Gasteiger partial charge in [-0.25, -0.2) is 0 Å². The zero-order valence-electron chi connectivity index (χ0n) is 5.32. The van der Waals surface area contributed by atoms with Gasteiger partial charge in [-0.2, -0.15) is 0 Å². The summed E-state index contributed by atoms with van der Waals surface area (Å²) in [5.41, 5.74) is 4.66. The van der Waals surface area contributed by atoms with Crippen LogP contribution in [0.5, 0.6) is 0 Å². The maximum absolute atomic E-state index is 10.4. The van der Waals surface area contributed by atoms with Crippen LogP contribution in [0.15, 0.2) is 30.3 Å². The van der Waals surface area contributed by atoms with E-state index >= 15 is 0 Å². The molecule has 1 aromatic carbocycles. The summed E-state index contributed by atoms with van der Waals surface area (Å²) in [6.07, 6.45) is 0.